The number of rotatable bonds is 2. The molecule has 0 rings (SSSR count). The normalized spacial score (nSPS) is 7.50. The summed E-state index contributed by atoms with van der Waals surface area (Å²) in [4.78, 5) is 0. The van der Waals surface area contributed by atoms with E-state index in [4.69, 9.17) is 15.3 Å². The SMILES string of the molecule is OCC(O)CO.[Cu+].[OH-]. The van der Waals surface area contributed by atoms with E-state index < -0.39 is 6.10 Å². The van der Waals surface area contributed by atoms with Gasteiger partial charge in [-0.05, 0) is 0 Å². The van der Waals surface area contributed by atoms with Gasteiger partial charge in [0.05, 0.1) is 13.2 Å². The van der Waals surface area contributed by atoms with Crippen molar-refractivity contribution in [2.45, 2.75) is 6.10 Å². The first kappa shape index (κ1) is 15.8. The molecule has 56 valence electrons. The van der Waals surface area contributed by atoms with Crippen molar-refractivity contribution in [3.05, 3.63) is 0 Å². The molecule has 0 heterocycles. The first-order chi connectivity index (χ1) is 2.81. The van der Waals surface area contributed by atoms with Gasteiger partial charge >= 0.3 is 17.1 Å². The van der Waals surface area contributed by atoms with Crippen molar-refractivity contribution in [1.82, 2.24) is 0 Å². The van der Waals surface area contributed by atoms with E-state index in [1.807, 2.05) is 0 Å². The molecule has 0 aliphatic rings. The van der Waals surface area contributed by atoms with E-state index in [9.17, 15) is 0 Å². The Morgan fingerprint density at radius 1 is 1.12 bits per heavy atom. The summed E-state index contributed by atoms with van der Waals surface area (Å²) in [6.45, 7) is -0.729. The van der Waals surface area contributed by atoms with Gasteiger partial charge in [-0.2, -0.15) is 0 Å². The van der Waals surface area contributed by atoms with Crippen LogP contribution in [0.15, 0.2) is 0 Å². The van der Waals surface area contributed by atoms with Crippen LogP contribution >= 0.6 is 0 Å². The van der Waals surface area contributed by atoms with Crippen molar-refractivity contribution >= 4 is 0 Å². The third-order valence-corrected chi connectivity index (χ3v) is 0.421. The zero-order valence-corrected chi connectivity index (χ0v) is 5.02. The van der Waals surface area contributed by atoms with Crippen molar-refractivity contribution in [3.63, 3.8) is 0 Å². The van der Waals surface area contributed by atoms with Gasteiger partial charge in [-0.1, -0.05) is 0 Å². The third kappa shape index (κ3) is 9.61. The minimum Gasteiger partial charge on any atom is -0.870 e. The summed E-state index contributed by atoms with van der Waals surface area (Å²) in [6, 6.07) is 0. The van der Waals surface area contributed by atoms with Gasteiger partial charge in [-0.25, -0.2) is 0 Å². The van der Waals surface area contributed by atoms with Gasteiger partial charge in [-0.15, -0.1) is 0 Å². The Morgan fingerprint density at radius 2 is 1.38 bits per heavy atom. The summed E-state index contributed by atoms with van der Waals surface area (Å²) in [5, 5.41) is 24.0. The van der Waals surface area contributed by atoms with Crippen LogP contribution in [0.3, 0.4) is 0 Å². The molecule has 0 spiro atoms. The standard InChI is InChI=1S/C3H8O3.Cu.H2O/c4-1-3(6)2-5;;/h3-6H,1-2H2;;1H2/q;+1;/p-1. The Bertz CT molecular complexity index is 30.5. The van der Waals surface area contributed by atoms with Gasteiger partial charge in [0.15, 0.2) is 0 Å². The van der Waals surface area contributed by atoms with Gasteiger partial charge < -0.3 is 20.8 Å². The zero-order chi connectivity index (χ0) is 4.99. The van der Waals surface area contributed by atoms with Crippen LogP contribution in [0.4, 0.5) is 0 Å². The van der Waals surface area contributed by atoms with Gasteiger partial charge in [0.2, 0.25) is 0 Å². The Morgan fingerprint density at radius 3 is 1.38 bits per heavy atom. The van der Waals surface area contributed by atoms with Crippen molar-refractivity contribution in [1.29, 1.82) is 0 Å². The van der Waals surface area contributed by atoms with Crippen LogP contribution in [0.25, 0.3) is 0 Å². The smallest absolute Gasteiger partial charge is 0.870 e. The molecule has 0 aromatic heterocycles. The molecular formula is C3H9CuO4. The summed E-state index contributed by atoms with van der Waals surface area (Å²) in [5.41, 5.74) is 0. The Labute approximate surface area is 57.9 Å². The largest absolute Gasteiger partial charge is 1.00 e. The summed E-state index contributed by atoms with van der Waals surface area (Å²) < 4.78 is 0. The summed E-state index contributed by atoms with van der Waals surface area (Å²) in [7, 11) is 0. The van der Waals surface area contributed by atoms with Crippen molar-refractivity contribution < 1.29 is 37.9 Å². The summed E-state index contributed by atoms with van der Waals surface area (Å²) in [5.74, 6) is 0. The van der Waals surface area contributed by atoms with E-state index in [-0.39, 0.29) is 35.8 Å². The Hall–Kier alpha value is 0.359. The quantitative estimate of drug-likeness (QED) is 0.427. The molecule has 0 atom stereocenters. The summed E-state index contributed by atoms with van der Waals surface area (Å²) in [6.07, 6.45) is -0.954. The van der Waals surface area contributed by atoms with E-state index in [0.717, 1.165) is 0 Å². The van der Waals surface area contributed by atoms with Crippen LogP contribution in [0, 0.1) is 0 Å². The zero-order valence-electron chi connectivity index (χ0n) is 4.08. The van der Waals surface area contributed by atoms with Crippen LogP contribution < -0.4 is 0 Å². The number of hydrogen-bond donors (Lipinski definition) is 3. The molecule has 0 unspecified atom stereocenters. The molecule has 0 aromatic rings. The fourth-order valence-electron chi connectivity index (χ4n) is 0.0577. The predicted molar refractivity (Wildman–Crippen MR) is 22.1 cm³/mol. The maximum Gasteiger partial charge on any atom is 1.00 e. The number of hydrogen-bond acceptors (Lipinski definition) is 4. The van der Waals surface area contributed by atoms with Crippen molar-refractivity contribution in [2.75, 3.05) is 13.2 Å². The average Bonchev–Trinajstić information content (AvgIpc) is 1.65. The molecule has 0 amide bonds. The van der Waals surface area contributed by atoms with Crippen LogP contribution in [0.1, 0.15) is 0 Å². The molecule has 0 aromatic carbocycles. The van der Waals surface area contributed by atoms with Crippen molar-refractivity contribution in [2.24, 2.45) is 0 Å². The molecule has 0 saturated carbocycles. The van der Waals surface area contributed by atoms with Crippen LogP contribution in [-0.2, 0) is 17.1 Å². The topological polar surface area (TPSA) is 90.7 Å². The number of aliphatic hydroxyl groups is 3. The monoisotopic (exact) mass is 172 g/mol. The van der Waals surface area contributed by atoms with Crippen molar-refractivity contribution in [3.8, 4) is 0 Å². The molecule has 0 bridgehead atoms. The maximum atomic E-state index is 8.17. The molecular weight excluding hydrogens is 164 g/mol. The molecule has 0 aliphatic carbocycles. The van der Waals surface area contributed by atoms with Gasteiger partial charge in [0.1, 0.15) is 6.10 Å². The minimum atomic E-state index is -0.954. The maximum absolute atomic E-state index is 8.17. The predicted octanol–water partition coefficient (Wildman–Crippen LogP) is -1.85. The van der Waals surface area contributed by atoms with Crippen LogP contribution in [-0.4, -0.2) is 40.1 Å². The second-order valence-corrected chi connectivity index (χ2v) is 1.02. The van der Waals surface area contributed by atoms with E-state index in [2.05, 4.69) is 0 Å². The second kappa shape index (κ2) is 10.4. The Kier molecular flexibility index (Phi) is 20.4. The molecule has 4 N–H and O–H groups in total. The third-order valence-electron chi connectivity index (χ3n) is 0.421. The van der Waals surface area contributed by atoms with E-state index in [1.165, 1.54) is 0 Å². The molecule has 8 heavy (non-hydrogen) atoms. The van der Waals surface area contributed by atoms with E-state index >= 15 is 0 Å². The van der Waals surface area contributed by atoms with E-state index in [0.29, 0.717) is 0 Å². The molecule has 0 aliphatic heterocycles. The first-order valence-corrected chi connectivity index (χ1v) is 1.71. The fourth-order valence-corrected chi connectivity index (χ4v) is 0.0577. The molecule has 0 saturated heterocycles. The molecule has 4 nitrogen and oxygen atoms in total. The number of aliphatic hydroxyl groups excluding tert-OH is 3. The molecule has 0 fully saturated rings. The van der Waals surface area contributed by atoms with Gasteiger partial charge in [-0.3, -0.25) is 0 Å². The molecule has 0 radical (unpaired) electrons. The first-order valence-electron chi connectivity index (χ1n) is 1.71. The van der Waals surface area contributed by atoms with Crippen LogP contribution in [0.2, 0.25) is 0 Å². The second-order valence-electron chi connectivity index (χ2n) is 1.02. The average molecular weight is 173 g/mol. The Balaban J connectivity index is -0.000000125. The summed E-state index contributed by atoms with van der Waals surface area (Å²) >= 11 is 0. The fraction of sp³-hybridized carbons (Fsp3) is 1.00. The molecule has 5 heteroatoms. The van der Waals surface area contributed by atoms with Crippen LogP contribution in [0.5, 0.6) is 0 Å². The van der Waals surface area contributed by atoms with E-state index in [1.54, 1.807) is 0 Å². The van der Waals surface area contributed by atoms with Gasteiger partial charge in [0, 0.05) is 0 Å². The minimum absolute atomic E-state index is 0. The van der Waals surface area contributed by atoms with Gasteiger partial charge in [0.25, 0.3) is 0 Å².